The van der Waals surface area contributed by atoms with E-state index in [9.17, 15) is 0 Å². The molecule has 1 unspecified atom stereocenters. The Morgan fingerprint density at radius 3 is 3.23 bits per heavy atom. The van der Waals surface area contributed by atoms with Gasteiger partial charge in [0, 0.05) is 5.22 Å². The average molecular weight is 173 g/mol. The number of benzene rings is 1. The first-order valence-corrected chi connectivity index (χ1v) is 4.60. The van der Waals surface area contributed by atoms with E-state index in [0.29, 0.717) is 6.73 Å². The third kappa shape index (κ3) is 0.988. The Hall–Kier alpha value is -1.28. The second-order valence-corrected chi connectivity index (χ2v) is 3.42. The van der Waals surface area contributed by atoms with Gasteiger partial charge in [0.15, 0.2) is 0 Å². The summed E-state index contributed by atoms with van der Waals surface area (Å²) in [7, 11) is 0. The molecule has 3 rings (SSSR count). The molecule has 0 spiro atoms. The fourth-order valence-electron chi connectivity index (χ4n) is 2.03. The van der Waals surface area contributed by atoms with Crippen LogP contribution in [0.4, 0.5) is 0 Å². The summed E-state index contributed by atoms with van der Waals surface area (Å²) in [6.45, 7) is 0.655. The van der Waals surface area contributed by atoms with E-state index in [1.54, 1.807) is 0 Å². The predicted octanol–water partition coefficient (Wildman–Crippen LogP) is -0.0751. The highest BCUT2D eigenvalue weighted by Crippen LogP contribution is 2.15. The number of hydrogen-bond donors (Lipinski definition) is 1. The zero-order valence-corrected chi connectivity index (χ0v) is 7.29. The molecule has 1 atom stereocenters. The van der Waals surface area contributed by atoms with Crippen LogP contribution >= 0.6 is 0 Å². The monoisotopic (exact) mass is 173 g/mol. The Labute approximate surface area is 76.5 Å². The van der Waals surface area contributed by atoms with Crippen LogP contribution in [0.1, 0.15) is 6.42 Å². The highest BCUT2D eigenvalue weighted by atomic mass is 16.5. The molecule has 2 nitrogen and oxygen atoms in total. The quantitative estimate of drug-likeness (QED) is 0.592. The molecule has 2 heteroatoms. The molecule has 1 saturated heterocycles. The lowest BCUT2D eigenvalue weighted by Crippen LogP contribution is -2.35. The lowest BCUT2D eigenvalue weighted by atomic mass is 10.0. The fraction of sp³-hybridized carbons (Fsp3) is 0.273. The van der Waals surface area contributed by atoms with E-state index in [1.165, 1.54) is 16.1 Å². The summed E-state index contributed by atoms with van der Waals surface area (Å²) in [6, 6.07) is 8.45. The van der Waals surface area contributed by atoms with Crippen molar-refractivity contribution in [1.29, 1.82) is 0 Å². The first kappa shape index (κ1) is 7.15. The third-order valence-corrected chi connectivity index (χ3v) is 2.67. The smallest absolute Gasteiger partial charge is 0.117 e. The van der Waals surface area contributed by atoms with Crippen LogP contribution in [-0.2, 0) is 4.74 Å². The van der Waals surface area contributed by atoms with Crippen molar-refractivity contribution in [2.45, 2.75) is 12.5 Å². The van der Waals surface area contributed by atoms with Crippen LogP contribution < -0.4 is 15.8 Å². The van der Waals surface area contributed by atoms with Gasteiger partial charge in [-0.1, -0.05) is 30.3 Å². The van der Waals surface area contributed by atoms with Gasteiger partial charge in [0.25, 0.3) is 0 Å². The molecule has 0 amide bonds. The number of rotatable bonds is 0. The van der Waals surface area contributed by atoms with Crippen molar-refractivity contribution in [1.82, 2.24) is 5.32 Å². The van der Waals surface area contributed by atoms with Crippen molar-refractivity contribution in [3.05, 3.63) is 34.7 Å². The molecule has 0 radical (unpaired) electrons. The van der Waals surface area contributed by atoms with Crippen LogP contribution in [-0.4, -0.2) is 12.8 Å². The Balaban J connectivity index is 2.38. The summed E-state index contributed by atoms with van der Waals surface area (Å²) in [4.78, 5) is 0. The summed E-state index contributed by atoms with van der Waals surface area (Å²) < 4.78 is 5.53. The average Bonchev–Trinajstić information content (AvgIpc) is 2.65. The van der Waals surface area contributed by atoms with E-state index in [2.05, 4.69) is 35.7 Å². The molecule has 1 fully saturated rings. The Morgan fingerprint density at radius 2 is 2.23 bits per heavy atom. The molecular formula is C11H11NO. The van der Waals surface area contributed by atoms with Gasteiger partial charge in [0.05, 0.1) is 5.70 Å². The zero-order chi connectivity index (χ0) is 8.67. The Morgan fingerprint density at radius 1 is 1.31 bits per heavy atom. The summed E-state index contributed by atoms with van der Waals surface area (Å²) in [5, 5.41) is 5.92. The first-order chi connectivity index (χ1) is 6.45. The maximum absolute atomic E-state index is 5.53. The van der Waals surface area contributed by atoms with Crippen LogP contribution in [0.25, 0.3) is 11.8 Å². The van der Waals surface area contributed by atoms with Gasteiger partial charge in [-0.05, 0) is 11.6 Å². The maximum Gasteiger partial charge on any atom is 0.117 e. The second-order valence-electron chi connectivity index (χ2n) is 3.42. The molecule has 0 bridgehead atoms. The fourth-order valence-corrected chi connectivity index (χ4v) is 2.03. The van der Waals surface area contributed by atoms with Crippen LogP contribution in [0, 0.1) is 0 Å². The van der Waals surface area contributed by atoms with Crippen LogP contribution in [0.2, 0.25) is 0 Å². The van der Waals surface area contributed by atoms with Gasteiger partial charge in [-0.3, -0.25) is 0 Å². The lowest BCUT2D eigenvalue weighted by Gasteiger charge is -2.12. The molecule has 1 aliphatic heterocycles. The summed E-state index contributed by atoms with van der Waals surface area (Å²) in [6.07, 6.45) is 3.52. The first-order valence-electron chi connectivity index (χ1n) is 4.60. The van der Waals surface area contributed by atoms with Gasteiger partial charge in [-0.25, -0.2) is 0 Å². The molecule has 1 aromatic carbocycles. The van der Waals surface area contributed by atoms with E-state index >= 15 is 0 Å². The lowest BCUT2D eigenvalue weighted by molar-refractivity contribution is 0.128. The minimum atomic E-state index is 0.273. The minimum absolute atomic E-state index is 0.273. The Kier molecular flexibility index (Phi) is 1.43. The van der Waals surface area contributed by atoms with Gasteiger partial charge in [0.1, 0.15) is 12.8 Å². The summed E-state index contributed by atoms with van der Waals surface area (Å²) in [5.41, 5.74) is 1.26. The van der Waals surface area contributed by atoms with Gasteiger partial charge in [-0.15, -0.1) is 0 Å². The molecule has 1 aliphatic carbocycles. The number of fused-ring (bicyclic) bond motifs is 2. The highest BCUT2D eigenvalue weighted by molar-refractivity contribution is 5.55. The van der Waals surface area contributed by atoms with Crippen LogP contribution in [0.15, 0.2) is 24.3 Å². The van der Waals surface area contributed by atoms with Crippen molar-refractivity contribution < 1.29 is 4.74 Å². The second kappa shape index (κ2) is 2.60. The third-order valence-electron chi connectivity index (χ3n) is 2.67. The molecule has 1 N–H and O–H groups in total. The standard InChI is InChI=1S/C11H11NO/c1-2-4-9-8(3-1)5-6-10-11(9)12-7-13-10/h1-5,10,12H,6-7H2. The van der Waals surface area contributed by atoms with Gasteiger partial charge in [0.2, 0.25) is 0 Å². The van der Waals surface area contributed by atoms with Gasteiger partial charge in [-0.2, -0.15) is 0 Å². The zero-order valence-electron chi connectivity index (χ0n) is 7.29. The molecule has 1 heterocycles. The van der Waals surface area contributed by atoms with E-state index in [-0.39, 0.29) is 6.10 Å². The van der Waals surface area contributed by atoms with Crippen LogP contribution in [0.3, 0.4) is 0 Å². The topological polar surface area (TPSA) is 21.3 Å². The molecule has 0 saturated carbocycles. The maximum atomic E-state index is 5.53. The van der Waals surface area contributed by atoms with E-state index in [4.69, 9.17) is 4.74 Å². The molecule has 0 aromatic heterocycles. The Bertz CT molecular complexity index is 449. The molecule has 66 valence electrons. The SMILES string of the molecule is C1=c2ccccc2=C2NCOC2C1. The summed E-state index contributed by atoms with van der Waals surface area (Å²) >= 11 is 0. The number of nitrogens with one attached hydrogen (secondary N) is 1. The van der Waals surface area contributed by atoms with Crippen molar-refractivity contribution in [3.63, 3.8) is 0 Å². The number of ether oxygens (including phenoxy) is 1. The highest BCUT2D eigenvalue weighted by Gasteiger charge is 2.22. The predicted molar refractivity (Wildman–Crippen MR) is 51.1 cm³/mol. The minimum Gasteiger partial charge on any atom is -0.363 e. The van der Waals surface area contributed by atoms with E-state index in [0.717, 1.165) is 6.42 Å². The molecular weight excluding hydrogens is 162 g/mol. The van der Waals surface area contributed by atoms with E-state index < -0.39 is 0 Å². The van der Waals surface area contributed by atoms with Crippen molar-refractivity contribution in [2.75, 3.05) is 6.73 Å². The van der Waals surface area contributed by atoms with Crippen molar-refractivity contribution in [3.8, 4) is 0 Å². The van der Waals surface area contributed by atoms with Crippen LogP contribution in [0.5, 0.6) is 0 Å². The molecule has 2 aliphatic rings. The van der Waals surface area contributed by atoms with Crippen molar-refractivity contribution >= 4 is 11.8 Å². The molecule has 1 aromatic rings. The van der Waals surface area contributed by atoms with E-state index in [1.807, 2.05) is 0 Å². The summed E-state index contributed by atoms with van der Waals surface area (Å²) in [5.74, 6) is 0. The van der Waals surface area contributed by atoms with Gasteiger partial charge >= 0.3 is 0 Å². The normalized spacial score (nSPS) is 24.3. The molecule has 13 heavy (non-hydrogen) atoms. The largest absolute Gasteiger partial charge is 0.363 e. The van der Waals surface area contributed by atoms with Crippen molar-refractivity contribution in [2.24, 2.45) is 0 Å². The number of hydrogen-bond acceptors (Lipinski definition) is 2. The van der Waals surface area contributed by atoms with Gasteiger partial charge < -0.3 is 10.1 Å².